The van der Waals surface area contributed by atoms with Crippen LogP contribution in [0.15, 0.2) is 22.6 Å². The summed E-state index contributed by atoms with van der Waals surface area (Å²) in [6.45, 7) is 1.32. The maximum absolute atomic E-state index is 13.6. The third kappa shape index (κ3) is 2.70. The van der Waals surface area contributed by atoms with Crippen LogP contribution in [0.25, 0.3) is 0 Å². The Labute approximate surface area is 114 Å². The molecule has 0 spiro atoms. The molecule has 0 bridgehead atoms. The third-order valence-electron chi connectivity index (χ3n) is 3.37. The van der Waals surface area contributed by atoms with E-state index in [1.807, 2.05) is 0 Å². The molecule has 1 saturated heterocycles. The highest BCUT2D eigenvalue weighted by Gasteiger charge is 2.22. The molecule has 1 fully saturated rings. The Kier molecular flexibility index (Phi) is 3.73. The topological polar surface area (TPSA) is 48.2 Å². The van der Waals surface area contributed by atoms with E-state index in [-0.39, 0.29) is 23.8 Å². The van der Waals surface area contributed by atoms with Crippen LogP contribution in [-0.2, 0) is 11.2 Å². The maximum atomic E-state index is 13.6. The van der Waals surface area contributed by atoms with Gasteiger partial charge < -0.3 is 9.15 Å². The molecule has 1 aliphatic heterocycles. The molecular formula is C14H14F2N2O2. The van der Waals surface area contributed by atoms with Crippen molar-refractivity contribution >= 4 is 0 Å². The molecule has 2 aromatic rings. The molecule has 106 valence electrons. The van der Waals surface area contributed by atoms with Gasteiger partial charge in [-0.25, -0.2) is 8.78 Å². The molecule has 0 aliphatic carbocycles. The van der Waals surface area contributed by atoms with Gasteiger partial charge in [0.05, 0.1) is 18.9 Å². The molecule has 1 aromatic carbocycles. The van der Waals surface area contributed by atoms with Crippen molar-refractivity contribution in [2.24, 2.45) is 0 Å². The molecule has 6 heteroatoms. The van der Waals surface area contributed by atoms with Crippen molar-refractivity contribution in [2.45, 2.75) is 25.2 Å². The van der Waals surface area contributed by atoms with E-state index < -0.39 is 11.6 Å². The van der Waals surface area contributed by atoms with Crippen LogP contribution >= 0.6 is 0 Å². The Morgan fingerprint density at radius 3 is 2.95 bits per heavy atom. The van der Waals surface area contributed by atoms with Crippen molar-refractivity contribution < 1.29 is 17.9 Å². The molecule has 1 unspecified atom stereocenters. The highest BCUT2D eigenvalue weighted by Crippen LogP contribution is 2.25. The van der Waals surface area contributed by atoms with Crippen LogP contribution in [-0.4, -0.2) is 23.4 Å². The predicted octanol–water partition coefficient (Wildman–Crippen LogP) is 2.83. The van der Waals surface area contributed by atoms with Gasteiger partial charge >= 0.3 is 0 Å². The zero-order chi connectivity index (χ0) is 13.9. The summed E-state index contributed by atoms with van der Waals surface area (Å²) in [6.07, 6.45) is 1.99. The number of aromatic nitrogens is 2. The van der Waals surface area contributed by atoms with Crippen molar-refractivity contribution in [1.82, 2.24) is 10.2 Å². The molecule has 0 radical (unpaired) electrons. The Morgan fingerprint density at radius 2 is 2.15 bits per heavy atom. The molecule has 4 nitrogen and oxygen atoms in total. The van der Waals surface area contributed by atoms with E-state index in [0.29, 0.717) is 12.5 Å². The van der Waals surface area contributed by atoms with Crippen LogP contribution in [0.5, 0.6) is 0 Å². The second-order valence-corrected chi connectivity index (χ2v) is 4.84. The lowest BCUT2D eigenvalue weighted by atomic mass is 10.0. The minimum Gasteiger partial charge on any atom is -0.425 e. The average Bonchev–Trinajstić information content (AvgIpc) is 2.93. The number of ether oxygens (including phenoxy) is 1. The highest BCUT2D eigenvalue weighted by atomic mass is 19.2. The lowest BCUT2D eigenvalue weighted by Crippen LogP contribution is -2.15. The summed E-state index contributed by atoms with van der Waals surface area (Å²) in [6, 6.07) is 4.05. The maximum Gasteiger partial charge on any atom is 0.221 e. The summed E-state index contributed by atoms with van der Waals surface area (Å²) in [7, 11) is 0. The number of nitrogens with zero attached hydrogens (tertiary/aromatic N) is 2. The Bertz CT molecular complexity index is 595. The monoisotopic (exact) mass is 280 g/mol. The third-order valence-corrected chi connectivity index (χ3v) is 3.37. The van der Waals surface area contributed by atoms with Crippen molar-refractivity contribution in [1.29, 1.82) is 0 Å². The van der Waals surface area contributed by atoms with E-state index in [9.17, 15) is 8.78 Å². The quantitative estimate of drug-likeness (QED) is 0.867. The summed E-state index contributed by atoms with van der Waals surface area (Å²) < 4.78 is 37.6. The first-order chi connectivity index (χ1) is 9.74. The van der Waals surface area contributed by atoms with Crippen LogP contribution in [0, 0.1) is 11.6 Å². The number of hydrogen-bond donors (Lipinski definition) is 0. The fourth-order valence-corrected chi connectivity index (χ4v) is 2.29. The zero-order valence-corrected chi connectivity index (χ0v) is 10.8. The molecule has 1 aliphatic rings. The second-order valence-electron chi connectivity index (χ2n) is 4.84. The van der Waals surface area contributed by atoms with Gasteiger partial charge in [-0.1, -0.05) is 12.1 Å². The average molecular weight is 280 g/mol. The van der Waals surface area contributed by atoms with Crippen molar-refractivity contribution in [2.75, 3.05) is 13.2 Å². The Hall–Kier alpha value is -1.82. The highest BCUT2D eigenvalue weighted by molar-refractivity contribution is 5.21. The van der Waals surface area contributed by atoms with Crippen molar-refractivity contribution in [3.8, 4) is 0 Å². The summed E-state index contributed by atoms with van der Waals surface area (Å²) in [5.74, 6) is -0.842. The molecule has 0 amide bonds. The van der Waals surface area contributed by atoms with E-state index in [1.54, 1.807) is 0 Å². The summed E-state index contributed by atoms with van der Waals surface area (Å²) >= 11 is 0. The minimum atomic E-state index is -0.872. The minimum absolute atomic E-state index is 0.0875. The largest absolute Gasteiger partial charge is 0.425 e. The zero-order valence-electron chi connectivity index (χ0n) is 10.8. The van der Waals surface area contributed by atoms with E-state index in [1.165, 1.54) is 12.1 Å². The molecule has 20 heavy (non-hydrogen) atoms. The fourth-order valence-electron chi connectivity index (χ4n) is 2.29. The summed E-state index contributed by atoms with van der Waals surface area (Å²) in [5, 5.41) is 7.87. The molecule has 2 heterocycles. The first-order valence-corrected chi connectivity index (χ1v) is 6.57. The summed E-state index contributed by atoms with van der Waals surface area (Å²) in [5.41, 5.74) is 0.208. The van der Waals surface area contributed by atoms with Gasteiger partial charge in [0, 0.05) is 12.2 Å². The van der Waals surface area contributed by atoms with Crippen LogP contribution < -0.4 is 0 Å². The molecule has 0 saturated carbocycles. The van der Waals surface area contributed by atoms with Gasteiger partial charge in [0.2, 0.25) is 11.8 Å². The lowest BCUT2D eigenvalue weighted by Gasteiger charge is -2.18. The lowest BCUT2D eigenvalue weighted by molar-refractivity contribution is 0.0722. The van der Waals surface area contributed by atoms with Gasteiger partial charge in [-0.15, -0.1) is 10.2 Å². The number of rotatable bonds is 3. The SMILES string of the molecule is Fc1cccc(Cc2nnc(C3CCCOC3)o2)c1F. The Balaban J connectivity index is 1.75. The molecule has 3 rings (SSSR count). The van der Waals surface area contributed by atoms with Crippen molar-refractivity contribution in [3.05, 3.63) is 47.2 Å². The normalized spacial score (nSPS) is 19.2. The van der Waals surface area contributed by atoms with Gasteiger partial charge in [-0.3, -0.25) is 0 Å². The Morgan fingerprint density at radius 1 is 1.25 bits per heavy atom. The van der Waals surface area contributed by atoms with Gasteiger partial charge in [0.1, 0.15) is 0 Å². The molecular weight excluding hydrogens is 266 g/mol. The van der Waals surface area contributed by atoms with Gasteiger partial charge in [-0.05, 0) is 18.9 Å². The first-order valence-electron chi connectivity index (χ1n) is 6.57. The standard InChI is InChI=1S/C14H14F2N2O2/c15-11-5-1-3-9(13(11)16)7-12-17-18-14(20-12)10-4-2-6-19-8-10/h1,3,5,10H,2,4,6-8H2. The fraction of sp³-hybridized carbons (Fsp3) is 0.429. The van der Waals surface area contributed by atoms with Crippen LogP contribution in [0.1, 0.15) is 36.1 Å². The first kappa shape index (κ1) is 13.2. The van der Waals surface area contributed by atoms with Gasteiger partial charge in [0.15, 0.2) is 11.6 Å². The smallest absolute Gasteiger partial charge is 0.221 e. The summed E-state index contributed by atoms with van der Waals surface area (Å²) in [4.78, 5) is 0. The van der Waals surface area contributed by atoms with Crippen LogP contribution in [0.2, 0.25) is 0 Å². The van der Waals surface area contributed by atoms with Crippen LogP contribution in [0.3, 0.4) is 0 Å². The molecule has 1 atom stereocenters. The van der Waals surface area contributed by atoms with E-state index in [4.69, 9.17) is 9.15 Å². The second kappa shape index (κ2) is 5.66. The van der Waals surface area contributed by atoms with E-state index in [0.717, 1.165) is 25.5 Å². The number of halogens is 2. The van der Waals surface area contributed by atoms with Gasteiger partial charge in [-0.2, -0.15) is 0 Å². The van der Waals surface area contributed by atoms with E-state index in [2.05, 4.69) is 10.2 Å². The molecule has 1 aromatic heterocycles. The number of hydrogen-bond acceptors (Lipinski definition) is 4. The molecule has 0 N–H and O–H groups in total. The van der Waals surface area contributed by atoms with E-state index >= 15 is 0 Å². The number of benzene rings is 1. The van der Waals surface area contributed by atoms with Crippen LogP contribution in [0.4, 0.5) is 8.78 Å². The van der Waals surface area contributed by atoms with Crippen molar-refractivity contribution in [3.63, 3.8) is 0 Å². The van der Waals surface area contributed by atoms with Gasteiger partial charge in [0.25, 0.3) is 0 Å². The predicted molar refractivity (Wildman–Crippen MR) is 66.3 cm³/mol.